The van der Waals surface area contributed by atoms with Crippen molar-refractivity contribution in [3.63, 3.8) is 0 Å². The lowest BCUT2D eigenvalue weighted by Gasteiger charge is -1.93. The lowest BCUT2D eigenvalue weighted by molar-refractivity contribution is 0.0531. The van der Waals surface area contributed by atoms with E-state index < -0.39 is 0 Å². The maximum atomic E-state index is 10.9. The third kappa shape index (κ3) is 0.832. The van der Waals surface area contributed by atoms with Crippen LogP contribution in [0, 0.1) is 0 Å². The van der Waals surface area contributed by atoms with E-state index in [0.717, 1.165) is 5.56 Å². The molecule has 0 fully saturated rings. The maximum Gasteiger partial charge on any atom is 0.357 e. The van der Waals surface area contributed by atoms with Gasteiger partial charge in [0.15, 0.2) is 5.69 Å². The number of pyridine rings is 1. The number of carbonyl (C=O) groups is 1. The van der Waals surface area contributed by atoms with Crippen molar-refractivity contribution in [2.75, 3.05) is 5.73 Å². The molecule has 0 atom stereocenters. The van der Waals surface area contributed by atoms with Crippen LogP contribution in [0.5, 0.6) is 0 Å². The second kappa shape index (κ2) is 1.95. The molecular weight excluding hydrogens is 144 g/mol. The Morgan fingerprint density at radius 3 is 3.27 bits per heavy atom. The van der Waals surface area contributed by atoms with Crippen LogP contribution in [-0.4, -0.2) is 11.0 Å². The summed E-state index contributed by atoms with van der Waals surface area (Å²) in [6.45, 7) is 0.298. The van der Waals surface area contributed by atoms with Crippen molar-refractivity contribution in [2.45, 2.75) is 6.61 Å². The highest BCUT2D eigenvalue weighted by atomic mass is 16.5. The summed E-state index contributed by atoms with van der Waals surface area (Å²) in [6, 6.07) is 1.70. The highest BCUT2D eigenvalue weighted by Gasteiger charge is 2.22. The summed E-state index contributed by atoms with van der Waals surface area (Å²) in [4.78, 5) is 14.7. The molecule has 11 heavy (non-hydrogen) atoms. The smallest absolute Gasteiger partial charge is 0.357 e. The molecule has 0 saturated heterocycles. The van der Waals surface area contributed by atoms with Gasteiger partial charge in [0.05, 0.1) is 11.9 Å². The number of hydrogen-bond donors (Lipinski definition) is 1. The second-order valence-corrected chi connectivity index (χ2v) is 2.35. The summed E-state index contributed by atoms with van der Waals surface area (Å²) >= 11 is 0. The van der Waals surface area contributed by atoms with Gasteiger partial charge in [0, 0.05) is 5.56 Å². The minimum absolute atomic E-state index is 0.298. The fourth-order valence-corrected chi connectivity index (χ4v) is 1.03. The van der Waals surface area contributed by atoms with Gasteiger partial charge < -0.3 is 10.5 Å². The van der Waals surface area contributed by atoms with Crippen molar-refractivity contribution in [3.05, 3.63) is 23.5 Å². The quantitative estimate of drug-likeness (QED) is 0.541. The van der Waals surface area contributed by atoms with Gasteiger partial charge in [-0.1, -0.05) is 0 Å². The normalized spacial score (nSPS) is 14.4. The fourth-order valence-electron chi connectivity index (χ4n) is 1.03. The van der Waals surface area contributed by atoms with Crippen LogP contribution in [0.4, 0.5) is 5.69 Å². The molecule has 0 aliphatic carbocycles. The summed E-state index contributed by atoms with van der Waals surface area (Å²) in [6.07, 6.45) is 1.45. The standard InChI is InChI=1S/C7H6N2O2/c8-5-1-4-3-11-7(10)6(4)9-2-5/h1-2H,3,8H2. The van der Waals surface area contributed by atoms with E-state index >= 15 is 0 Å². The molecule has 1 aromatic heterocycles. The van der Waals surface area contributed by atoms with E-state index in [2.05, 4.69) is 4.98 Å². The summed E-state index contributed by atoms with van der Waals surface area (Å²) in [5.41, 5.74) is 7.17. The zero-order valence-corrected chi connectivity index (χ0v) is 5.70. The number of fused-ring (bicyclic) bond motifs is 1. The van der Waals surface area contributed by atoms with E-state index in [0.29, 0.717) is 18.0 Å². The Morgan fingerprint density at radius 2 is 2.45 bits per heavy atom. The monoisotopic (exact) mass is 150 g/mol. The summed E-state index contributed by atoms with van der Waals surface area (Å²) < 4.78 is 4.72. The van der Waals surface area contributed by atoms with Gasteiger partial charge in [-0.2, -0.15) is 0 Å². The molecule has 2 rings (SSSR count). The molecule has 2 N–H and O–H groups in total. The molecule has 0 bridgehead atoms. The molecule has 0 aromatic carbocycles. The minimum atomic E-state index is -0.361. The second-order valence-electron chi connectivity index (χ2n) is 2.35. The molecule has 0 unspecified atom stereocenters. The zero-order valence-electron chi connectivity index (χ0n) is 5.70. The first-order valence-corrected chi connectivity index (χ1v) is 3.19. The van der Waals surface area contributed by atoms with Crippen LogP contribution >= 0.6 is 0 Å². The number of nitrogen functional groups attached to an aromatic ring is 1. The van der Waals surface area contributed by atoms with Gasteiger partial charge in [-0.05, 0) is 6.07 Å². The summed E-state index contributed by atoms with van der Waals surface area (Å²) in [7, 11) is 0. The average Bonchev–Trinajstić information content (AvgIpc) is 2.32. The van der Waals surface area contributed by atoms with Crippen LogP contribution in [0.25, 0.3) is 0 Å². The van der Waals surface area contributed by atoms with E-state index in [1.807, 2.05) is 0 Å². The molecule has 0 saturated carbocycles. The maximum absolute atomic E-state index is 10.9. The zero-order chi connectivity index (χ0) is 7.84. The third-order valence-corrected chi connectivity index (χ3v) is 1.54. The Morgan fingerprint density at radius 1 is 1.64 bits per heavy atom. The predicted octanol–water partition coefficient (Wildman–Crippen LogP) is 0.334. The number of esters is 1. The molecule has 1 aliphatic rings. The predicted molar refractivity (Wildman–Crippen MR) is 37.8 cm³/mol. The molecule has 0 radical (unpaired) electrons. The van der Waals surface area contributed by atoms with Crippen LogP contribution in [0.15, 0.2) is 12.3 Å². The number of anilines is 1. The van der Waals surface area contributed by atoms with E-state index in [1.54, 1.807) is 6.07 Å². The molecule has 1 aliphatic heterocycles. The summed E-state index contributed by atoms with van der Waals surface area (Å²) in [5, 5.41) is 0. The largest absolute Gasteiger partial charge is 0.456 e. The van der Waals surface area contributed by atoms with E-state index in [9.17, 15) is 4.79 Å². The Bertz CT molecular complexity index is 322. The molecule has 4 nitrogen and oxygen atoms in total. The van der Waals surface area contributed by atoms with Crippen LogP contribution in [0.2, 0.25) is 0 Å². The fraction of sp³-hybridized carbons (Fsp3) is 0.143. The Balaban J connectivity index is 2.59. The van der Waals surface area contributed by atoms with Crippen molar-refractivity contribution in [2.24, 2.45) is 0 Å². The van der Waals surface area contributed by atoms with Crippen molar-refractivity contribution >= 4 is 11.7 Å². The van der Waals surface area contributed by atoms with Crippen LogP contribution in [0.3, 0.4) is 0 Å². The molecular formula is C7H6N2O2. The first-order valence-electron chi connectivity index (χ1n) is 3.19. The number of aromatic nitrogens is 1. The first-order chi connectivity index (χ1) is 5.27. The number of rotatable bonds is 0. The van der Waals surface area contributed by atoms with Crippen molar-refractivity contribution in [3.8, 4) is 0 Å². The van der Waals surface area contributed by atoms with E-state index in [-0.39, 0.29) is 5.97 Å². The van der Waals surface area contributed by atoms with Crippen molar-refractivity contribution < 1.29 is 9.53 Å². The Labute approximate surface area is 63.0 Å². The first kappa shape index (κ1) is 6.15. The molecule has 4 heteroatoms. The third-order valence-electron chi connectivity index (χ3n) is 1.54. The van der Waals surface area contributed by atoms with Gasteiger partial charge >= 0.3 is 5.97 Å². The average molecular weight is 150 g/mol. The van der Waals surface area contributed by atoms with Crippen LogP contribution < -0.4 is 5.73 Å². The number of hydrogen-bond acceptors (Lipinski definition) is 4. The van der Waals surface area contributed by atoms with Crippen molar-refractivity contribution in [1.29, 1.82) is 0 Å². The van der Waals surface area contributed by atoms with Crippen LogP contribution in [-0.2, 0) is 11.3 Å². The lowest BCUT2D eigenvalue weighted by Crippen LogP contribution is -1.98. The number of cyclic esters (lactones) is 1. The van der Waals surface area contributed by atoms with Crippen LogP contribution in [0.1, 0.15) is 16.1 Å². The lowest BCUT2D eigenvalue weighted by atomic mass is 10.2. The van der Waals surface area contributed by atoms with Crippen molar-refractivity contribution in [1.82, 2.24) is 4.98 Å². The highest BCUT2D eigenvalue weighted by Crippen LogP contribution is 2.18. The molecule has 1 aromatic rings. The number of carbonyl (C=O) groups excluding carboxylic acids is 1. The number of ether oxygens (including phenoxy) is 1. The molecule has 0 spiro atoms. The Hall–Kier alpha value is -1.58. The summed E-state index contributed by atoms with van der Waals surface area (Å²) in [5.74, 6) is -0.361. The van der Waals surface area contributed by atoms with Gasteiger partial charge in [0.25, 0.3) is 0 Å². The van der Waals surface area contributed by atoms with Gasteiger partial charge in [-0.3, -0.25) is 0 Å². The molecule has 2 heterocycles. The van der Waals surface area contributed by atoms with E-state index in [1.165, 1.54) is 6.20 Å². The molecule has 0 amide bonds. The minimum Gasteiger partial charge on any atom is -0.456 e. The molecule has 56 valence electrons. The van der Waals surface area contributed by atoms with Gasteiger partial charge in [-0.15, -0.1) is 0 Å². The number of nitrogens with zero attached hydrogens (tertiary/aromatic N) is 1. The van der Waals surface area contributed by atoms with Gasteiger partial charge in [-0.25, -0.2) is 9.78 Å². The Kier molecular flexibility index (Phi) is 1.09. The van der Waals surface area contributed by atoms with Gasteiger partial charge in [0.2, 0.25) is 0 Å². The topological polar surface area (TPSA) is 65.2 Å². The van der Waals surface area contributed by atoms with Gasteiger partial charge in [0.1, 0.15) is 6.61 Å². The number of nitrogens with two attached hydrogens (primary N) is 1. The van der Waals surface area contributed by atoms with E-state index in [4.69, 9.17) is 10.5 Å². The SMILES string of the molecule is Nc1cnc2c(c1)COC2=O. The highest BCUT2D eigenvalue weighted by molar-refractivity contribution is 5.91.